The maximum Gasteiger partial charge on any atom is 0.311 e. The molecular formula is C14H15ClN2O2. The van der Waals surface area contributed by atoms with Gasteiger partial charge in [-0.25, -0.2) is 4.98 Å². The normalized spacial score (nSPS) is 10.5. The highest BCUT2D eigenvalue weighted by Crippen LogP contribution is 2.16. The first-order valence-corrected chi connectivity index (χ1v) is 6.44. The van der Waals surface area contributed by atoms with Gasteiger partial charge in [0.15, 0.2) is 0 Å². The van der Waals surface area contributed by atoms with E-state index in [1.807, 2.05) is 42.0 Å². The minimum absolute atomic E-state index is 0.190. The molecule has 19 heavy (non-hydrogen) atoms. The van der Waals surface area contributed by atoms with Gasteiger partial charge in [-0.3, -0.25) is 4.79 Å². The lowest BCUT2D eigenvalue weighted by Crippen LogP contribution is -2.07. The Kier molecular flexibility index (Phi) is 4.22. The topological polar surface area (TPSA) is 44.1 Å². The van der Waals surface area contributed by atoms with Crippen molar-refractivity contribution in [2.75, 3.05) is 6.61 Å². The molecule has 100 valence electrons. The van der Waals surface area contributed by atoms with Crippen LogP contribution in [0.3, 0.4) is 0 Å². The number of imidazole rings is 1. The van der Waals surface area contributed by atoms with E-state index in [9.17, 15) is 4.79 Å². The Balaban J connectivity index is 2.21. The first-order valence-electron chi connectivity index (χ1n) is 6.06. The summed E-state index contributed by atoms with van der Waals surface area (Å²) in [5.41, 5.74) is 1.66. The van der Waals surface area contributed by atoms with E-state index in [0.29, 0.717) is 17.3 Å². The Labute approximate surface area is 117 Å². The molecule has 0 N–H and O–H groups in total. The van der Waals surface area contributed by atoms with E-state index in [1.165, 1.54) is 0 Å². The van der Waals surface area contributed by atoms with Gasteiger partial charge in [-0.15, -0.1) is 0 Å². The van der Waals surface area contributed by atoms with Crippen molar-refractivity contribution in [2.24, 2.45) is 0 Å². The van der Waals surface area contributed by atoms with Gasteiger partial charge in [0.1, 0.15) is 5.82 Å². The Bertz CT molecular complexity index is 576. The Morgan fingerprint density at radius 2 is 2.05 bits per heavy atom. The minimum Gasteiger partial charge on any atom is -0.466 e. The number of carbonyl (C=O) groups excluding carboxylic acids is 1. The third-order valence-electron chi connectivity index (χ3n) is 2.67. The van der Waals surface area contributed by atoms with Crippen LogP contribution in [0.5, 0.6) is 0 Å². The van der Waals surface area contributed by atoms with E-state index in [-0.39, 0.29) is 12.4 Å². The van der Waals surface area contributed by atoms with Crippen molar-refractivity contribution in [3.63, 3.8) is 0 Å². The summed E-state index contributed by atoms with van der Waals surface area (Å²) in [5.74, 6) is 0.560. The molecule has 0 bridgehead atoms. The summed E-state index contributed by atoms with van der Waals surface area (Å²) < 4.78 is 6.83. The van der Waals surface area contributed by atoms with E-state index in [4.69, 9.17) is 16.3 Å². The quantitative estimate of drug-likeness (QED) is 0.808. The number of aryl methyl sites for hydroxylation is 1. The van der Waals surface area contributed by atoms with E-state index in [2.05, 4.69) is 4.98 Å². The molecule has 0 saturated carbocycles. The largest absolute Gasteiger partial charge is 0.466 e. The Morgan fingerprint density at radius 1 is 1.37 bits per heavy atom. The van der Waals surface area contributed by atoms with Gasteiger partial charge >= 0.3 is 5.97 Å². The van der Waals surface area contributed by atoms with Gasteiger partial charge in [0.05, 0.1) is 18.7 Å². The molecule has 0 aliphatic heterocycles. The summed E-state index contributed by atoms with van der Waals surface area (Å²) >= 11 is 5.86. The number of benzene rings is 1. The molecule has 0 amide bonds. The van der Waals surface area contributed by atoms with Gasteiger partial charge in [0.2, 0.25) is 0 Å². The number of hydrogen-bond donors (Lipinski definition) is 0. The number of carbonyl (C=O) groups is 1. The number of rotatable bonds is 4. The highest BCUT2D eigenvalue weighted by atomic mass is 35.5. The molecule has 0 aliphatic carbocycles. The highest BCUT2D eigenvalue weighted by molar-refractivity contribution is 6.30. The van der Waals surface area contributed by atoms with Crippen molar-refractivity contribution in [1.82, 2.24) is 9.55 Å². The summed E-state index contributed by atoms with van der Waals surface area (Å²) in [5, 5.41) is 0.688. The average molecular weight is 279 g/mol. The predicted octanol–water partition coefficient (Wildman–Crippen LogP) is 2.94. The summed E-state index contributed by atoms with van der Waals surface area (Å²) in [6.45, 7) is 4.06. The first kappa shape index (κ1) is 13.6. The summed E-state index contributed by atoms with van der Waals surface area (Å²) in [6.07, 6.45) is 2.03. The molecule has 1 heterocycles. The lowest BCUT2D eigenvalue weighted by Gasteiger charge is -2.04. The zero-order valence-corrected chi connectivity index (χ0v) is 11.6. The van der Waals surface area contributed by atoms with Crippen LogP contribution in [0.1, 0.15) is 18.4 Å². The fourth-order valence-electron chi connectivity index (χ4n) is 1.84. The number of halogens is 1. The molecule has 4 nitrogen and oxygen atoms in total. The van der Waals surface area contributed by atoms with Crippen LogP contribution in [0, 0.1) is 6.92 Å². The molecule has 0 fully saturated rings. The molecule has 0 aliphatic rings. The number of ether oxygens (including phenoxy) is 1. The molecule has 0 spiro atoms. The van der Waals surface area contributed by atoms with Crippen molar-refractivity contribution in [1.29, 1.82) is 0 Å². The fraction of sp³-hybridized carbons (Fsp3) is 0.286. The third kappa shape index (κ3) is 3.35. The van der Waals surface area contributed by atoms with Crippen LogP contribution in [-0.2, 0) is 16.0 Å². The van der Waals surface area contributed by atoms with Crippen molar-refractivity contribution in [3.8, 4) is 5.69 Å². The highest BCUT2D eigenvalue weighted by Gasteiger charge is 2.10. The van der Waals surface area contributed by atoms with Crippen molar-refractivity contribution >= 4 is 17.6 Å². The van der Waals surface area contributed by atoms with Crippen molar-refractivity contribution in [3.05, 3.63) is 47.0 Å². The smallest absolute Gasteiger partial charge is 0.311 e. The standard InChI is InChI=1S/C14H15ClN2O2/c1-3-19-14(18)8-12-9-17(10(2)16-12)13-6-4-11(15)5-7-13/h4-7,9H,3,8H2,1-2H3. The van der Waals surface area contributed by atoms with Crippen LogP contribution in [0.2, 0.25) is 5.02 Å². The second-order valence-electron chi connectivity index (χ2n) is 4.11. The van der Waals surface area contributed by atoms with Crippen LogP contribution in [-0.4, -0.2) is 22.1 Å². The Morgan fingerprint density at radius 3 is 2.68 bits per heavy atom. The van der Waals surface area contributed by atoms with Gasteiger partial charge in [0, 0.05) is 16.9 Å². The minimum atomic E-state index is -0.261. The molecule has 2 aromatic rings. The fourth-order valence-corrected chi connectivity index (χ4v) is 1.97. The van der Waals surface area contributed by atoms with Gasteiger partial charge in [-0.2, -0.15) is 0 Å². The zero-order valence-electron chi connectivity index (χ0n) is 10.9. The molecule has 5 heteroatoms. The number of aromatic nitrogens is 2. The van der Waals surface area contributed by atoms with Crippen LogP contribution < -0.4 is 0 Å². The van der Waals surface area contributed by atoms with Gasteiger partial charge in [-0.1, -0.05) is 11.6 Å². The summed E-state index contributed by atoms with van der Waals surface area (Å²) in [6, 6.07) is 7.46. The van der Waals surface area contributed by atoms with Crippen LogP contribution in [0.15, 0.2) is 30.5 Å². The predicted molar refractivity (Wildman–Crippen MR) is 73.6 cm³/mol. The number of hydrogen-bond acceptors (Lipinski definition) is 3. The van der Waals surface area contributed by atoms with Crippen LogP contribution in [0.25, 0.3) is 5.69 Å². The Hall–Kier alpha value is -1.81. The van der Waals surface area contributed by atoms with E-state index in [0.717, 1.165) is 11.5 Å². The third-order valence-corrected chi connectivity index (χ3v) is 2.92. The van der Waals surface area contributed by atoms with Crippen molar-refractivity contribution in [2.45, 2.75) is 20.3 Å². The van der Waals surface area contributed by atoms with Gasteiger partial charge in [0.25, 0.3) is 0 Å². The lowest BCUT2D eigenvalue weighted by molar-refractivity contribution is -0.142. The van der Waals surface area contributed by atoms with Gasteiger partial charge in [-0.05, 0) is 38.1 Å². The lowest BCUT2D eigenvalue weighted by atomic mass is 10.3. The SMILES string of the molecule is CCOC(=O)Cc1cn(-c2ccc(Cl)cc2)c(C)n1. The van der Waals surface area contributed by atoms with Crippen LogP contribution >= 0.6 is 11.6 Å². The molecule has 0 unspecified atom stereocenters. The first-order chi connectivity index (χ1) is 9.10. The van der Waals surface area contributed by atoms with Gasteiger partial charge < -0.3 is 9.30 Å². The zero-order chi connectivity index (χ0) is 13.8. The number of nitrogens with zero attached hydrogens (tertiary/aromatic N) is 2. The molecule has 1 aromatic heterocycles. The molecule has 0 atom stereocenters. The molecule has 2 rings (SSSR count). The molecule has 0 radical (unpaired) electrons. The molecular weight excluding hydrogens is 264 g/mol. The second kappa shape index (κ2) is 5.89. The second-order valence-corrected chi connectivity index (χ2v) is 4.54. The summed E-state index contributed by atoms with van der Waals surface area (Å²) in [7, 11) is 0. The van der Waals surface area contributed by atoms with E-state index in [1.54, 1.807) is 6.92 Å². The van der Waals surface area contributed by atoms with E-state index < -0.39 is 0 Å². The summed E-state index contributed by atoms with van der Waals surface area (Å²) in [4.78, 5) is 15.8. The van der Waals surface area contributed by atoms with Crippen LogP contribution in [0.4, 0.5) is 0 Å². The maximum absolute atomic E-state index is 11.4. The monoisotopic (exact) mass is 278 g/mol. The molecule has 1 aromatic carbocycles. The molecule has 0 saturated heterocycles. The number of esters is 1. The van der Waals surface area contributed by atoms with E-state index >= 15 is 0 Å². The average Bonchev–Trinajstić information content (AvgIpc) is 2.71. The van der Waals surface area contributed by atoms with Crippen molar-refractivity contribution < 1.29 is 9.53 Å². The maximum atomic E-state index is 11.4.